The molecule has 116 valence electrons. The van der Waals surface area contributed by atoms with Crippen molar-refractivity contribution in [2.75, 3.05) is 0 Å². The minimum absolute atomic E-state index is 0. The van der Waals surface area contributed by atoms with Gasteiger partial charge in [0, 0.05) is 0 Å². The zero-order valence-corrected chi connectivity index (χ0v) is 17.2. The standard InChI is InChI=1S/C14H11.C8H13.Zr/c1-10-8-12-7-6-11-4-2-3-5-13(11)14(12)9-10;1-5-7(3)8(4)6-2;/h2-9H,1H3;5H,1-4H3;/q2*-1;+2. The van der Waals surface area contributed by atoms with Crippen molar-refractivity contribution in [1.29, 1.82) is 0 Å². The van der Waals surface area contributed by atoms with E-state index in [-0.39, 0.29) is 26.2 Å². The smallest absolute Gasteiger partial charge is 0.275 e. The van der Waals surface area contributed by atoms with Crippen LogP contribution in [-0.4, -0.2) is 0 Å². The Bertz CT molecular complexity index is 815. The third-order valence-corrected chi connectivity index (χ3v) is 4.16. The summed E-state index contributed by atoms with van der Waals surface area (Å²) in [5, 5.41) is 5.41. The molecular weight excluding hydrogens is 355 g/mol. The van der Waals surface area contributed by atoms with Gasteiger partial charge in [0.15, 0.2) is 0 Å². The molecule has 3 aromatic rings. The Labute approximate surface area is 159 Å². The quantitative estimate of drug-likeness (QED) is 0.324. The number of allylic oxidation sites excluding steroid dienone is 4. The first-order valence-electron chi connectivity index (χ1n) is 7.76. The van der Waals surface area contributed by atoms with Gasteiger partial charge < -0.3 is 0 Å². The largest absolute Gasteiger partial charge is 2.00 e. The van der Waals surface area contributed by atoms with Gasteiger partial charge in [-0.3, -0.25) is 6.08 Å². The van der Waals surface area contributed by atoms with Crippen molar-refractivity contribution < 1.29 is 26.2 Å². The van der Waals surface area contributed by atoms with E-state index in [0.717, 1.165) is 0 Å². The number of rotatable bonds is 1. The molecule has 0 spiro atoms. The van der Waals surface area contributed by atoms with Crippen LogP contribution in [0.15, 0.2) is 65.8 Å². The van der Waals surface area contributed by atoms with Gasteiger partial charge in [-0.15, -0.1) is 42.3 Å². The second-order valence-electron chi connectivity index (χ2n) is 5.67. The van der Waals surface area contributed by atoms with Gasteiger partial charge in [-0.05, 0) is 0 Å². The number of aryl methyl sites for hydroxylation is 1. The van der Waals surface area contributed by atoms with Gasteiger partial charge in [-0.25, -0.2) is 11.1 Å². The molecule has 0 aliphatic carbocycles. The fourth-order valence-electron chi connectivity index (χ4n) is 2.53. The van der Waals surface area contributed by atoms with E-state index in [2.05, 4.69) is 81.5 Å². The molecule has 0 saturated heterocycles. The molecule has 0 fully saturated rings. The summed E-state index contributed by atoms with van der Waals surface area (Å²) < 4.78 is 0. The average Bonchev–Trinajstić information content (AvgIpc) is 2.94. The Morgan fingerprint density at radius 1 is 1.04 bits per heavy atom. The van der Waals surface area contributed by atoms with Crippen LogP contribution in [0.3, 0.4) is 0 Å². The summed E-state index contributed by atoms with van der Waals surface area (Å²) >= 11 is 0. The summed E-state index contributed by atoms with van der Waals surface area (Å²) in [5.41, 5.74) is 3.90. The molecule has 0 bridgehead atoms. The topological polar surface area (TPSA) is 0 Å². The van der Waals surface area contributed by atoms with Gasteiger partial charge in [0.25, 0.3) is 0 Å². The molecule has 0 aliphatic rings. The second kappa shape index (κ2) is 9.09. The normalized spacial score (nSPS) is 11.9. The van der Waals surface area contributed by atoms with E-state index < -0.39 is 0 Å². The molecular formula is C22H24Zr. The van der Waals surface area contributed by atoms with Gasteiger partial charge in [-0.1, -0.05) is 61.9 Å². The van der Waals surface area contributed by atoms with Crippen LogP contribution in [0.2, 0.25) is 0 Å². The molecule has 0 N–H and O–H groups in total. The summed E-state index contributed by atoms with van der Waals surface area (Å²) in [5.74, 6) is 0. The number of benzene rings is 2. The first-order chi connectivity index (χ1) is 10.6. The summed E-state index contributed by atoms with van der Waals surface area (Å²) in [4.78, 5) is 0. The molecule has 0 saturated carbocycles. The summed E-state index contributed by atoms with van der Waals surface area (Å²) in [6.07, 6.45) is 5.15. The maximum absolute atomic E-state index is 3.06. The Morgan fingerprint density at radius 3 is 2.30 bits per heavy atom. The molecule has 0 radical (unpaired) electrons. The van der Waals surface area contributed by atoms with Gasteiger partial charge in [0.1, 0.15) is 0 Å². The fourth-order valence-corrected chi connectivity index (χ4v) is 2.53. The summed E-state index contributed by atoms with van der Waals surface area (Å²) in [7, 11) is 0. The molecule has 0 nitrogen and oxygen atoms in total. The van der Waals surface area contributed by atoms with E-state index in [1.54, 1.807) is 0 Å². The fraction of sp³-hybridized carbons (Fsp3) is 0.227. The van der Waals surface area contributed by atoms with Crippen LogP contribution in [0.1, 0.15) is 33.3 Å². The molecule has 0 aliphatic heterocycles. The van der Waals surface area contributed by atoms with E-state index in [9.17, 15) is 0 Å². The molecule has 0 amide bonds. The van der Waals surface area contributed by atoms with Crippen molar-refractivity contribution >= 4 is 21.5 Å². The third-order valence-electron chi connectivity index (χ3n) is 4.16. The maximum Gasteiger partial charge on any atom is 2.00 e. The van der Waals surface area contributed by atoms with Crippen molar-refractivity contribution in [1.82, 2.24) is 0 Å². The van der Waals surface area contributed by atoms with Crippen molar-refractivity contribution in [3.8, 4) is 0 Å². The van der Waals surface area contributed by atoms with Crippen molar-refractivity contribution in [3.63, 3.8) is 0 Å². The Hall–Kier alpha value is -1.33. The maximum atomic E-state index is 3.06. The van der Waals surface area contributed by atoms with Crippen LogP contribution in [0.5, 0.6) is 0 Å². The zero-order chi connectivity index (χ0) is 16.1. The molecule has 23 heavy (non-hydrogen) atoms. The van der Waals surface area contributed by atoms with Crippen molar-refractivity contribution in [3.05, 3.63) is 77.4 Å². The van der Waals surface area contributed by atoms with Crippen LogP contribution in [-0.2, 0) is 26.2 Å². The predicted octanol–water partition coefficient (Wildman–Crippen LogP) is 6.74. The molecule has 3 aromatic carbocycles. The van der Waals surface area contributed by atoms with E-state index in [4.69, 9.17) is 0 Å². The van der Waals surface area contributed by atoms with Crippen LogP contribution in [0.4, 0.5) is 0 Å². The molecule has 0 atom stereocenters. The number of fused-ring (bicyclic) bond motifs is 3. The number of hydrogen-bond donors (Lipinski definition) is 0. The van der Waals surface area contributed by atoms with Gasteiger partial charge in [-0.2, -0.15) is 12.1 Å². The van der Waals surface area contributed by atoms with Gasteiger partial charge >= 0.3 is 26.2 Å². The third kappa shape index (κ3) is 4.82. The van der Waals surface area contributed by atoms with E-state index >= 15 is 0 Å². The molecule has 0 heterocycles. The van der Waals surface area contributed by atoms with Crippen LogP contribution in [0, 0.1) is 13.0 Å². The second-order valence-corrected chi connectivity index (χ2v) is 5.67. The van der Waals surface area contributed by atoms with Crippen LogP contribution >= 0.6 is 0 Å². The SMILES string of the molecule is C[C-]=C(C)C(C)=CC.Cc1cc2ccc3ccccc3c2[cH-]1.[Zr+2]. The summed E-state index contributed by atoms with van der Waals surface area (Å²) in [6, 6.07) is 17.4. The zero-order valence-electron chi connectivity index (χ0n) is 14.7. The first kappa shape index (κ1) is 19.7. The predicted molar refractivity (Wildman–Crippen MR) is 99.3 cm³/mol. The molecule has 0 aromatic heterocycles. The van der Waals surface area contributed by atoms with E-state index in [1.807, 2.05) is 13.8 Å². The Morgan fingerprint density at radius 2 is 1.70 bits per heavy atom. The summed E-state index contributed by atoms with van der Waals surface area (Å²) in [6.45, 7) is 10.3. The molecule has 0 unspecified atom stereocenters. The Kier molecular flexibility index (Phi) is 7.79. The van der Waals surface area contributed by atoms with Crippen LogP contribution < -0.4 is 0 Å². The van der Waals surface area contributed by atoms with E-state index in [0.29, 0.717) is 0 Å². The minimum atomic E-state index is 0. The molecule has 3 rings (SSSR count). The van der Waals surface area contributed by atoms with Crippen LogP contribution in [0.25, 0.3) is 21.5 Å². The molecule has 1 heteroatoms. The first-order valence-corrected chi connectivity index (χ1v) is 7.76. The van der Waals surface area contributed by atoms with Gasteiger partial charge in [0.2, 0.25) is 0 Å². The monoisotopic (exact) mass is 378 g/mol. The van der Waals surface area contributed by atoms with E-state index in [1.165, 1.54) is 38.3 Å². The Balaban J connectivity index is 0.000000258. The number of hydrogen-bond acceptors (Lipinski definition) is 0. The van der Waals surface area contributed by atoms with Gasteiger partial charge in [0.05, 0.1) is 0 Å². The van der Waals surface area contributed by atoms with Crippen molar-refractivity contribution in [2.24, 2.45) is 0 Å². The minimum Gasteiger partial charge on any atom is -0.275 e. The van der Waals surface area contributed by atoms with Crippen molar-refractivity contribution in [2.45, 2.75) is 34.6 Å². The average molecular weight is 380 g/mol.